The number of nitrogens with two attached hydrogens (primary N) is 1. The standard InChI is InChI=1S/C25H27N5O2/c1-2-30-22-16-20(32-15-14-29-13-3-12-27-29)10-11-21(22)23(26)24(30)17-6-8-19(9-7-17)28-25(31)18-4-5-18/h3,6-13,16,18H,2,4-5,14-15,26H2,1H3,(H,28,31). The van der Waals surface area contributed by atoms with Crippen molar-refractivity contribution in [3.05, 3.63) is 60.9 Å². The van der Waals surface area contributed by atoms with Crippen molar-refractivity contribution in [1.29, 1.82) is 0 Å². The Labute approximate surface area is 186 Å². The number of hydrogen-bond acceptors (Lipinski definition) is 4. The molecule has 32 heavy (non-hydrogen) atoms. The summed E-state index contributed by atoms with van der Waals surface area (Å²) < 4.78 is 10.0. The van der Waals surface area contributed by atoms with Gasteiger partial charge in [0.2, 0.25) is 5.91 Å². The van der Waals surface area contributed by atoms with Crippen molar-refractivity contribution in [2.45, 2.75) is 32.9 Å². The molecule has 5 rings (SSSR count). The van der Waals surface area contributed by atoms with Gasteiger partial charge in [-0.3, -0.25) is 9.48 Å². The Hall–Kier alpha value is -3.74. The number of nitrogen functional groups attached to an aromatic ring is 1. The molecule has 0 unspecified atom stereocenters. The maximum atomic E-state index is 12.0. The van der Waals surface area contributed by atoms with Gasteiger partial charge >= 0.3 is 0 Å². The quantitative estimate of drug-likeness (QED) is 0.431. The van der Waals surface area contributed by atoms with Crippen LogP contribution in [0, 0.1) is 5.92 Å². The highest BCUT2D eigenvalue weighted by Gasteiger charge is 2.29. The largest absolute Gasteiger partial charge is 0.492 e. The second-order valence-electron chi connectivity index (χ2n) is 8.14. The SMILES string of the molecule is CCn1c(-c2ccc(NC(=O)C3CC3)cc2)c(N)c2ccc(OCCn3cccn3)cc21. The molecule has 2 heterocycles. The third kappa shape index (κ3) is 3.93. The van der Waals surface area contributed by atoms with Gasteiger partial charge in [-0.2, -0.15) is 5.10 Å². The van der Waals surface area contributed by atoms with Gasteiger partial charge in [-0.05, 0) is 50.1 Å². The van der Waals surface area contributed by atoms with Crippen LogP contribution in [0.25, 0.3) is 22.2 Å². The highest BCUT2D eigenvalue weighted by molar-refractivity contribution is 6.01. The summed E-state index contributed by atoms with van der Waals surface area (Å²) in [5, 5.41) is 8.20. The number of carbonyl (C=O) groups is 1. The summed E-state index contributed by atoms with van der Waals surface area (Å²) in [7, 11) is 0. The lowest BCUT2D eigenvalue weighted by atomic mass is 10.1. The van der Waals surface area contributed by atoms with Crippen LogP contribution in [0.15, 0.2) is 60.9 Å². The molecule has 1 aliphatic rings. The number of hydrogen-bond donors (Lipinski definition) is 2. The minimum Gasteiger partial charge on any atom is -0.492 e. The maximum Gasteiger partial charge on any atom is 0.227 e. The molecular formula is C25H27N5O2. The number of aryl methyl sites for hydroxylation is 1. The average Bonchev–Trinajstić information content (AvgIpc) is 3.47. The topological polar surface area (TPSA) is 87.1 Å². The molecule has 0 saturated heterocycles. The van der Waals surface area contributed by atoms with Crippen molar-refractivity contribution in [2.75, 3.05) is 17.7 Å². The van der Waals surface area contributed by atoms with Crippen LogP contribution in [0.5, 0.6) is 5.75 Å². The van der Waals surface area contributed by atoms with Gasteiger partial charge in [-0.25, -0.2) is 0 Å². The van der Waals surface area contributed by atoms with Crippen molar-refractivity contribution >= 4 is 28.2 Å². The van der Waals surface area contributed by atoms with Gasteiger partial charge in [0.05, 0.1) is 23.4 Å². The summed E-state index contributed by atoms with van der Waals surface area (Å²) in [5.41, 5.74) is 11.2. The summed E-state index contributed by atoms with van der Waals surface area (Å²) >= 11 is 0. The Morgan fingerprint density at radius 1 is 1.22 bits per heavy atom. The lowest BCUT2D eigenvalue weighted by Gasteiger charge is -2.11. The Morgan fingerprint density at radius 3 is 2.72 bits per heavy atom. The summed E-state index contributed by atoms with van der Waals surface area (Å²) in [6.45, 7) is 4.12. The summed E-state index contributed by atoms with van der Waals surface area (Å²) in [6.07, 6.45) is 5.67. The zero-order valence-electron chi connectivity index (χ0n) is 18.1. The Morgan fingerprint density at radius 2 is 2.03 bits per heavy atom. The monoisotopic (exact) mass is 429 g/mol. The highest BCUT2D eigenvalue weighted by atomic mass is 16.5. The number of carbonyl (C=O) groups excluding carboxylic acids is 1. The van der Waals surface area contributed by atoms with Gasteiger partial charge in [0.1, 0.15) is 12.4 Å². The molecule has 0 aliphatic heterocycles. The molecule has 0 radical (unpaired) electrons. The Bertz CT molecular complexity index is 1240. The predicted octanol–water partition coefficient (Wildman–Crippen LogP) is 4.53. The molecule has 1 saturated carbocycles. The van der Waals surface area contributed by atoms with E-state index < -0.39 is 0 Å². The van der Waals surface area contributed by atoms with E-state index in [4.69, 9.17) is 10.5 Å². The van der Waals surface area contributed by atoms with Crippen LogP contribution in [-0.2, 0) is 17.9 Å². The van der Waals surface area contributed by atoms with Gasteiger partial charge in [0.15, 0.2) is 0 Å². The Balaban J connectivity index is 1.39. The van der Waals surface area contributed by atoms with Crippen LogP contribution in [0.4, 0.5) is 11.4 Å². The van der Waals surface area contributed by atoms with Gasteiger partial charge in [0.25, 0.3) is 0 Å². The van der Waals surface area contributed by atoms with E-state index in [0.717, 1.165) is 58.7 Å². The van der Waals surface area contributed by atoms with Crippen LogP contribution in [0.3, 0.4) is 0 Å². The molecule has 0 spiro atoms. The number of nitrogens with one attached hydrogen (secondary N) is 1. The second-order valence-corrected chi connectivity index (χ2v) is 8.14. The molecule has 1 amide bonds. The van der Waals surface area contributed by atoms with E-state index in [1.807, 2.05) is 59.4 Å². The number of benzene rings is 2. The fourth-order valence-electron chi connectivity index (χ4n) is 4.08. The molecule has 3 N–H and O–H groups in total. The zero-order chi connectivity index (χ0) is 22.1. The van der Waals surface area contributed by atoms with E-state index in [1.54, 1.807) is 6.20 Å². The van der Waals surface area contributed by atoms with Crippen LogP contribution >= 0.6 is 0 Å². The smallest absolute Gasteiger partial charge is 0.227 e. The number of ether oxygens (including phenoxy) is 1. The van der Waals surface area contributed by atoms with Crippen molar-refractivity contribution in [3.63, 3.8) is 0 Å². The van der Waals surface area contributed by atoms with E-state index in [2.05, 4.69) is 21.9 Å². The second kappa shape index (κ2) is 8.42. The van der Waals surface area contributed by atoms with E-state index in [0.29, 0.717) is 13.2 Å². The van der Waals surface area contributed by atoms with Gasteiger partial charge < -0.3 is 20.4 Å². The number of fused-ring (bicyclic) bond motifs is 1. The molecule has 164 valence electrons. The summed E-state index contributed by atoms with van der Waals surface area (Å²) in [4.78, 5) is 12.0. The number of anilines is 2. The fourth-order valence-corrected chi connectivity index (χ4v) is 4.08. The van der Waals surface area contributed by atoms with Gasteiger partial charge in [0, 0.05) is 47.6 Å². The summed E-state index contributed by atoms with van der Waals surface area (Å²) in [6, 6.07) is 15.8. The van der Waals surface area contributed by atoms with Gasteiger partial charge in [-0.15, -0.1) is 0 Å². The first-order valence-electron chi connectivity index (χ1n) is 11.1. The molecule has 7 nitrogen and oxygen atoms in total. The molecule has 1 fully saturated rings. The lowest BCUT2D eigenvalue weighted by molar-refractivity contribution is -0.117. The summed E-state index contributed by atoms with van der Waals surface area (Å²) in [5.74, 6) is 1.10. The van der Waals surface area contributed by atoms with Crippen LogP contribution in [0.1, 0.15) is 19.8 Å². The molecule has 0 atom stereocenters. The van der Waals surface area contributed by atoms with E-state index in [-0.39, 0.29) is 11.8 Å². The highest BCUT2D eigenvalue weighted by Crippen LogP contribution is 2.38. The minimum atomic E-state index is 0.111. The Kier molecular flexibility index (Phi) is 5.31. The van der Waals surface area contributed by atoms with Crippen molar-refractivity contribution in [3.8, 4) is 17.0 Å². The van der Waals surface area contributed by atoms with Crippen LogP contribution < -0.4 is 15.8 Å². The first-order chi connectivity index (χ1) is 15.6. The number of aromatic nitrogens is 3. The molecule has 0 bridgehead atoms. The molecular weight excluding hydrogens is 402 g/mol. The number of amides is 1. The third-order valence-corrected chi connectivity index (χ3v) is 5.91. The first kappa shape index (κ1) is 20.2. The average molecular weight is 430 g/mol. The molecule has 1 aliphatic carbocycles. The predicted molar refractivity (Wildman–Crippen MR) is 127 cm³/mol. The molecule has 2 aromatic heterocycles. The van der Waals surface area contributed by atoms with Crippen LogP contribution in [-0.4, -0.2) is 26.9 Å². The van der Waals surface area contributed by atoms with E-state index in [9.17, 15) is 4.79 Å². The lowest BCUT2D eigenvalue weighted by Crippen LogP contribution is -2.13. The van der Waals surface area contributed by atoms with Crippen molar-refractivity contribution < 1.29 is 9.53 Å². The minimum absolute atomic E-state index is 0.111. The molecule has 7 heteroatoms. The third-order valence-electron chi connectivity index (χ3n) is 5.91. The fraction of sp³-hybridized carbons (Fsp3) is 0.280. The van der Waals surface area contributed by atoms with E-state index in [1.165, 1.54) is 0 Å². The van der Waals surface area contributed by atoms with E-state index >= 15 is 0 Å². The van der Waals surface area contributed by atoms with Crippen molar-refractivity contribution in [2.24, 2.45) is 5.92 Å². The van der Waals surface area contributed by atoms with Crippen molar-refractivity contribution in [1.82, 2.24) is 14.3 Å². The number of nitrogens with zero attached hydrogens (tertiary/aromatic N) is 3. The first-order valence-corrected chi connectivity index (χ1v) is 11.1. The molecule has 4 aromatic rings. The maximum absolute atomic E-state index is 12.0. The van der Waals surface area contributed by atoms with Crippen LogP contribution in [0.2, 0.25) is 0 Å². The zero-order valence-corrected chi connectivity index (χ0v) is 18.1. The normalized spacial score (nSPS) is 13.4. The van der Waals surface area contributed by atoms with Gasteiger partial charge in [-0.1, -0.05) is 12.1 Å². The number of rotatable bonds is 8. The molecule has 2 aromatic carbocycles.